The van der Waals surface area contributed by atoms with Crippen LogP contribution in [0.25, 0.3) is 0 Å². The summed E-state index contributed by atoms with van der Waals surface area (Å²) in [6.07, 6.45) is 0.618. The predicted octanol–water partition coefficient (Wildman–Crippen LogP) is 4.79. The quantitative estimate of drug-likeness (QED) is 0.730. The lowest BCUT2D eigenvalue weighted by Crippen LogP contribution is -2.17. The van der Waals surface area contributed by atoms with Crippen molar-refractivity contribution in [2.45, 2.75) is 32.6 Å². The third-order valence-corrected chi connectivity index (χ3v) is 4.32. The molecule has 0 bridgehead atoms. The van der Waals surface area contributed by atoms with E-state index < -0.39 is 0 Å². The molecule has 0 aliphatic heterocycles. The number of ether oxygens (including phenoxy) is 1. The molecule has 0 aliphatic carbocycles. The molecule has 0 saturated heterocycles. The van der Waals surface area contributed by atoms with E-state index >= 15 is 0 Å². The fraction of sp³-hybridized carbons (Fsp3) is 0.375. The maximum Gasteiger partial charge on any atom is 0.147 e. The van der Waals surface area contributed by atoms with E-state index in [1.165, 1.54) is 0 Å². The van der Waals surface area contributed by atoms with Crippen molar-refractivity contribution in [1.29, 1.82) is 0 Å². The van der Waals surface area contributed by atoms with Crippen molar-refractivity contribution in [3.8, 4) is 5.75 Å². The zero-order valence-corrected chi connectivity index (χ0v) is 14.9. The fourth-order valence-corrected chi connectivity index (χ4v) is 2.96. The normalized spacial score (nSPS) is 11.5. The highest BCUT2D eigenvalue weighted by molar-refractivity contribution is 9.10. The number of nitrogens with zero attached hydrogens (tertiary/aromatic N) is 2. The van der Waals surface area contributed by atoms with Gasteiger partial charge in [0.15, 0.2) is 0 Å². The second-order valence-electron chi connectivity index (χ2n) is 5.87. The van der Waals surface area contributed by atoms with Crippen LogP contribution in [0.1, 0.15) is 37.9 Å². The van der Waals surface area contributed by atoms with Crippen molar-refractivity contribution in [2.24, 2.45) is 0 Å². The summed E-state index contributed by atoms with van der Waals surface area (Å²) in [5, 5.41) is 0.452. The minimum Gasteiger partial charge on any atom is -0.497 e. The first-order chi connectivity index (χ1) is 9.81. The molecule has 0 spiro atoms. The number of hydrogen-bond acceptors (Lipinski definition) is 3. The van der Waals surface area contributed by atoms with Crippen molar-refractivity contribution in [3.05, 3.63) is 51.0 Å². The van der Waals surface area contributed by atoms with Crippen molar-refractivity contribution < 1.29 is 4.74 Å². The lowest BCUT2D eigenvalue weighted by atomic mass is 9.92. The number of hydrogen-bond donors (Lipinski definition) is 0. The van der Waals surface area contributed by atoms with E-state index in [1.54, 1.807) is 7.11 Å². The molecule has 0 fully saturated rings. The molecule has 112 valence electrons. The van der Waals surface area contributed by atoms with Crippen LogP contribution in [0.4, 0.5) is 0 Å². The van der Waals surface area contributed by atoms with E-state index in [2.05, 4.69) is 46.7 Å². The Hall–Kier alpha value is -1.13. The molecule has 0 atom stereocenters. The Kier molecular flexibility index (Phi) is 4.89. The number of methoxy groups -OCH3 is 1. The first kappa shape index (κ1) is 16.2. The number of rotatable bonds is 3. The van der Waals surface area contributed by atoms with Gasteiger partial charge in [-0.3, -0.25) is 0 Å². The van der Waals surface area contributed by atoms with Crippen LogP contribution in [0, 0.1) is 0 Å². The maximum atomic E-state index is 6.23. The molecule has 0 amide bonds. The minimum atomic E-state index is -0.103. The van der Waals surface area contributed by atoms with Gasteiger partial charge in [0.25, 0.3) is 0 Å². The third kappa shape index (κ3) is 3.95. The molecule has 0 saturated carbocycles. The Balaban J connectivity index is 2.38. The van der Waals surface area contributed by atoms with Crippen LogP contribution in [0.3, 0.4) is 0 Å². The van der Waals surface area contributed by atoms with E-state index in [-0.39, 0.29) is 5.41 Å². The van der Waals surface area contributed by atoms with Crippen LogP contribution in [-0.2, 0) is 11.8 Å². The highest BCUT2D eigenvalue weighted by Crippen LogP contribution is 2.32. The van der Waals surface area contributed by atoms with Crippen LogP contribution in [0.5, 0.6) is 5.75 Å². The zero-order valence-electron chi connectivity index (χ0n) is 12.6. The van der Waals surface area contributed by atoms with E-state index in [4.69, 9.17) is 16.3 Å². The molecule has 3 nitrogen and oxygen atoms in total. The summed E-state index contributed by atoms with van der Waals surface area (Å²) >= 11 is 9.71. The van der Waals surface area contributed by atoms with Gasteiger partial charge in [-0.2, -0.15) is 0 Å². The summed E-state index contributed by atoms with van der Waals surface area (Å²) in [4.78, 5) is 9.04. The average molecular weight is 370 g/mol. The van der Waals surface area contributed by atoms with Gasteiger partial charge in [-0.15, -0.1) is 0 Å². The largest absolute Gasteiger partial charge is 0.497 e. The first-order valence-electron chi connectivity index (χ1n) is 6.66. The van der Waals surface area contributed by atoms with Gasteiger partial charge in [-0.05, 0) is 33.6 Å². The van der Waals surface area contributed by atoms with Gasteiger partial charge in [0.1, 0.15) is 16.7 Å². The molecule has 0 aliphatic rings. The van der Waals surface area contributed by atoms with Gasteiger partial charge in [-0.25, -0.2) is 9.97 Å². The Morgan fingerprint density at radius 2 is 1.95 bits per heavy atom. The van der Waals surface area contributed by atoms with Crippen LogP contribution >= 0.6 is 27.5 Å². The summed E-state index contributed by atoms with van der Waals surface area (Å²) < 4.78 is 6.01. The van der Waals surface area contributed by atoms with E-state index in [0.29, 0.717) is 17.4 Å². The second kappa shape index (κ2) is 6.32. The van der Waals surface area contributed by atoms with Crippen LogP contribution in [0.2, 0.25) is 5.15 Å². The second-order valence-corrected chi connectivity index (χ2v) is 7.02. The monoisotopic (exact) mass is 368 g/mol. The molecule has 1 heterocycles. The average Bonchev–Trinajstić information content (AvgIpc) is 2.41. The number of aromatic nitrogens is 2. The van der Waals surface area contributed by atoms with Gasteiger partial charge in [-0.1, -0.05) is 44.5 Å². The molecule has 2 rings (SSSR count). The molecule has 0 unspecified atom stereocenters. The van der Waals surface area contributed by atoms with Crippen LogP contribution < -0.4 is 4.74 Å². The minimum absolute atomic E-state index is 0.103. The first-order valence-corrected chi connectivity index (χ1v) is 7.83. The third-order valence-electron chi connectivity index (χ3n) is 3.06. The molecule has 0 radical (unpaired) electrons. The number of benzene rings is 1. The Morgan fingerprint density at radius 3 is 2.57 bits per heavy atom. The van der Waals surface area contributed by atoms with E-state index in [9.17, 15) is 0 Å². The molecule has 0 N–H and O–H groups in total. The van der Waals surface area contributed by atoms with Crippen LogP contribution in [0.15, 0.2) is 28.7 Å². The summed E-state index contributed by atoms with van der Waals surface area (Å²) in [5.41, 5.74) is 1.90. The Morgan fingerprint density at radius 1 is 1.24 bits per heavy atom. The van der Waals surface area contributed by atoms with Crippen molar-refractivity contribution in [1.82, 2.24) is 9.97 Å². The van der Waals surface area contributed by atoms with E-state index in [0.717, 1.165) is 21.5 Å². The zero-order chi connectivity index (χ0) is 15.6. The van der Waals surface area contributed by atoms with Crippen molar-refractivity contribution in [3.63, 3.8) is 0 Å². The smallest absolute Gasteiger partial charge is 0.147 e. The standard InChI is InChI=1S/C16H18BrClN2O/c1-16(2,3)14-13(17)15(18)20-12(19-14)9-10-6-5-7-11(8-10)21-4/h5-8H,9H2,1-4H3. The summed E-state index contributed by atoms with van der Waals surface area (Å²) in [5.74, 6) is 1.54. The number of halogens is 2. The van der Waals surface area contributed by atoms with E-state index in [1.807, 2.05) is 24.3 Å². The van der Waals surface area contributed by atoms with Gasteiger partial charge in [0.2, 0.25) is 0 Å². The molecule has 2 aromatic rings. The topological polar surface area (TPSA) is 35.0 Å². The lowest BCUT2D eigenvalue weighted by Gasteiger charge is -2.20. The fourth-order valence-electron chi connectivity index (χ4n) is 2.00. The Bertz CT molecular complexity index is 653. The van der Waals surface area contributed by atoms with Gasteiger partial charge >= 0.3 is 0 Å². The Labute approximate surface area is 138 Å². The van der Waals surface area contributed by atoms with Gasteiger partial charge in [0.05, 0.1) is 17.3 Å². The molecular weight excluding hydrogens is 352 g/mol. The summed E-state index contributed by atoms with van der Waals surface area (Å²) in [6, 6.07) is 7.88. The summed E-state index contributed by atoms with van der Waals surface area (Å²) in [7, 11) is 1.66. The van der Waals surface area contributed by atoms with Gasteiger partial charge in [0, 0.05) is 11.8 Å². The predicted molar refractivity (Wildman–Crippen MR) is 89.2 cm³/mol. The summed E-state index contributed by atoms with van der Waals surface area (Å²) in [6.45, 7) is 6.31. The molecule has 21 heavy (non-hydrogen) atoms. The maximum absolute atomic E-state index is 6.23. The molecular formula is C16H18BrClN2O. The van der Waals surface area contributed by atoms with Gasteiger partial charge < -0.3 is 4.74 Å². The molecule has 1 aromatic carbocycles. The molecule has 1 aromatic heterocycles. The highest BCUT2D eigenvalue weighted by atomic mass is 79.9. The SMILES string of the molecule is COc1cccc(Cc2nc(Cl)c(Br)c(C(C)(C)C)n2)c1. The van der Waals surface area contributed by atoms with Crippen LogP contribution in [-0.4, -0.2) is 17.1 Å². The van der Waals surface area contributed by atoms with Crippen molar-refractivity contribution in [2.75, 3.05) is 7.11 Å². The lowest BCUT2D eigenvalue weighted by molar-refractivity contribution is 0.414. The highest BCUT2D eigenvalue weighted by Gasteiger charge is 2.22. The van der Waals surface area contributed by atoms with Crippen molar-refractivity contribution >= 4 is 27.5 Å². The molecule has 5 heteroatoms.